The molecule has 1 heterocycles. The number of aryl methyl sites for hydroxylation is 1. The van der Waals surface area contributed by atoms with E-state index in [-0.39, 0.29) is 11.6 Å². The summed E-state index contributed by atoms with van der Waals surface area (Å²) in [5.41, 5.74) is 1.46. The molecule has 0 aliphatic rings. The standard InChI is InChI=1S/C15H16N2O3S/c1-10-4-5-11(14(18)19)9-13(10)17-15(20)16-7-6-12-3-2-8-21-12/h2-5,8-9H,6-7H2,1H3,(H,18,19)(H2,16,17,20). The molecule has 0 saturated carbocycles. The Morgan fingerprint density at radius 3 is 2.76 bits per heavy atom. The molecule has 0 saturated heterocycles. The number of aromatic carboxylic acids is 1. The Bertz CT molecular complexity index is 638. The second-order valence-corrected chi connectivity index (χ2v) is 5.58. The Labute approximate surface area is 126 Å². The van der Waals surface area contributed by atoms with E-state index in [9.17, 15) is 9.59 Å². The molecule has 2 rings (SSSR count). The summed E-state index contributed by atoms with van der Waals surface area (Å²) in [6, 6.07) is 8.29. The number of benzene rings is 1. The van der Waals surface area contributed by atoms with Crippen molar-refractivity contribution in [1.29, 1.82) is 0 Å². The summed E-state index contributed by atoms with van der Waals surface area (Å²) >= 11 is 1.65. The molecule has 0 unspecified atom stereocenters. The van der Waals surface area contributed by atoms with E-state index >= 15 is 0 Å². The highest BCUT2D eigenvalue weighted by molar-refractivity contribution is 7.09. The molecule has 2 amide bonds. The van der Waals surface area contributed by atoms with Gasteiger partial charge in [0.1, 0.15) is 0 Å². The topological polar surface area (TPSA) is 78.4 Å². The van der Waals surface area contributed by atoms with Crippen molar-refractivity contribution in [1.82, 2.24) is 5.32 Å². The average molecular weight is 304 g/mol. The van der Waals surface area contributed by atoms with Gasteiger partial charge in [-0.1, -0.05) is 12.1 Å². The quantitative estimate of drug-likeness (QED) is 0.794. The number of carboxylic acid groups (broad SMARTS) is 1. The monoisotopic (exact) mass is 304 g/mol. The lowest BCUT2D eigenvalue weighted by Crippen LogP contribution is -2.30. The summed E-state index contributed by atoms with van der Waals surface area (Å²) in [6.45, 7) is 2.34. The van der Waals surface area contributed by atoms with E-state index in [1.165, 1.54) is 17.0 Å². The maximum atomic E-state index is 11.8. The summed E-state index contributed by atoms with van der Waals surface area (Å²) in [6.07, 6.45) is 0.777. The van der Waals surface area contributed by atoms with Gasteiger partial charge in [-0.15, -0.1) is 11.3 Å². The van der Waals surface area contributed by atoms with Crippen LogP contribution in [-0.2, 0) is 6.42 Å². The maximum Gasteiger partial charge on any atom is 0.335 e. The van der Waals surface area contributed by atoms with Crippen LogP contribution in [0.3, 0.4) is 0 Å². The largest absolute Gasteiger partial charge is 0.478 e. The van der Waals surface area contributed by atoms with Crippen LogP contribution in [0.5, 0.6) is 0 Å². The Morgan fingerprint density at radius 2 is 2.10 bits per heavy atom. The molecule has 5 nitrogen and oxygen atoms in total. The number of carbonyl (C=O) groups is 2. The first-order valence-electron chi connectivity index (χ1n) is 6.47. The molecule has 0 atom stereocenters. The molecular weight excluding hydrogens is 288 g/mol. The molecule has 6 heteroatoms. The molecule has 1 aromatic heterocycles. The van der Waals surface area contributed by atoms with E-state index in [0.717, 1.165) is 12.0 Å². The maximum absolute atomic E-state index is 11.8. The van der Waals surface area contributed by atoms with E-state index in [4.69, 9.17) is 5.11 Å². The second kappa shape index (κ2) is 6.90. The SMILES string of the molecule is Cc1ccc(C(=O)O)cc1NC(=O)NCCc1cccs1. The number of thiophene rings is 1. The van der Waals surface area contributed by atoms with Gasteiger partial charge in [0.2, 0.25) is 0 Å². The van der Waals surface area contributed by atoms with Gasteiger partial charge in [0, 0.05) is 17.1 Å². The molecule has 0 aliphatic heterocycles. The molecule has 0 bridgehead atoms. The smallest absolute Gasteiger partial charge is 0.335 e. The summed E-state index contributed by atoms with van der Waals surface area (Å²) in [5.74, 6) is -1.02. The van der Waals surface area contributed by atoms with E-state index in [1.54, 1.807) is 17.4 Å². The summed E-state index contributed by atoms with van der Waals surface area (Å²) in [5, 5.41) is 16.4. The van der Waals surface area contributed by atoms with Crippen molar-refractivity contribution in [2.75, 3.05) is 11.9 Å². The van der Waals surface area contributed by atoms with Crippen molar-refractivity contribution in [3.05, 3.63) is 51.7 Å². The third-order valence-electron chi connectivity index (χ3n) is 2.97. The number of hydrogen-bond donors (Lipinski definition) is 3. The first-order valence-corrected chi connectivity index (χ1v) is 7.35. The molecule has 1 aromatic carbocycles. The fourth-order valence-corrected chi connectivity index (χ4v) is 2.52. The summed E-state index contributed by atoms with van der Waals surface area (Å²) in [7, 11) is 0. The molecule has 2 aromatic rings. The number of amides is 2. The van der Waals surface area contributed by atoms with Crippen molar-refractivity contribution in [2.45, 2.75) is 13.3 Å². The zero-order chi connectivity index (χ0) is 15.2. The van der Waals surface area contributed by atoms with Crippen molar-refractivity contribution in [3.8, 4) is 0 Å². The number of hydrogen-bond acceptors (Lipinski definition) is 3. The predicted octanol–water partition coefficient (Wildman–Crippen LogP) is 3.12. The lowest BCUT2D eigenvalue weighted by molar-refractivity contribution is 0.0697. The van der Waals surface area contributed by atoms with E-state index in [2.05, 4.69) is 10.6 Å². The number of rotatable bonds is 5. The van der Waals surface area contributed by atoms with Crippen molar-refractivity contribution in [2.24, 2.45) is 0 Å². The van der Waals surface area contributed by atoms with Crippen molar-refractivity contribution in [3.63, 3.8) is 0 Å². The molecular formula is C15H16N2O3S. The van der Waals surface area contributed by atoms with Crippen LogP contribution in [0.15, 0.2) is 35.7 Å². The van der Waals surface area contributed by atoms with Gasteiger partial charge in [0.25, 0.3) is 0 Å². The number of urea groups is 1. The van der Waals surface area contributed by atoms with Crippen molar-refractivity contribution >= 4 is 29.0 Å². The zero-order valence-electron chi connectivity index (χ0n) is 11.6. The van der Waals surface area contributed by atoms with Crippen LogP contribution in [0.4, 0.5) is 10.5 Å². The predicted molar refractivity (Wildman–Crippen MR) is 83.2 cm³/mol. The number of carbonyl (C=O) groups excluding carboxylic acids is 1. The first kappa shape index (κ1) is 15.1. The highest BCUT2D eigenvalue weighted by Gasteiger charge is 2.08. The van der Waals surface area contributed by atoms with Gasteiger partial charge < -0.3 is 15.7 Å². The lowest BCUT2D eigenvalue weighted by atomic mass is 10.1. The molecule has 21 heavy (non-hydrogen) atoms. The average Bonchev–Trinajstić information content (AvgIpc) is 2.94. The Kier molecular flexibility index (Phi) is 4.94. The van der Waals surface area contributed by atoms with Gasteiger partial charge in [0.15, 0.2) is 0 Å². The highest BCUT2D eigenvalue weighted by Crippen LogP contribution is 2.16. The second-order valence-electron chi connectivity index (χ2n) is 4.55. The molecule has 0 spiro atoms. The molecule has 3 N–H and O–H groups in total. The van der Waals surface area contributed by atoms with Crippen LogP contribution in [-0.4, -0.2) is 23.7 Å². The summed E-state index contributed by atoms with van der Waals surface area (Å²) < 4.78 is 0. The van der Waals surface area contributed by atoms with Gasteiger partial charge in [-0.25, -0.2) is 9.59 Å². The minimum absolute atomic E-state index is 0.148. The van der Waals surface area contributed by atoms with Gasteiger partial charge in [-0.2, -0.15) is 0 Å². The van der Waals surface area contributed by atoms with Crippen LogP contribution in [0.1, 0.15) is 20.8 Å². The lowest BCUT2D eigenvalue weighted by Gasteiger charge is -2.10. The molecule has 0 radical (unpaired) electrons. The normalized spacial score (nSPS) is 10.1. The van der Waals surface area contributed by atoms with Crippen LogP contribution in [0, 0.1) is 6.92 Å². The molecule has 0 fully saturated rings. The fraction of sp³-hybridized carbons (Fsp3) is 0.200. The van der Waals surface area contributed by atoms with Gasteiger partial charge >= 0.3 is 12.0 Å². The van der Waals surface area contributed by atoms with E-state index in [1.807, 2.05) is 24.4 Å². The highest BCUT2D eigenvalue weighted by atomic mass is 32.1. The minimum atomic E-state index is -1.02. The van der Waals surface area contributed by atoms with Gasteiger partial charge in [-0.3, -0.25) is 0 Å². The molecule has 0 aliphatic carbocycles. The first-order chi connectivity index (χ1) is 10.1. The zero-order valence-corrected chi connectivity index (χ0v) is 12.4. The van der Waals surface area contributed by atoms with Crippen molar-refractivity contribution < 1.29 is 14.7 Å². The minimum Gasteiger partial charge on any atom is -0.478 e. The molecule has 110 valence electrons. The van der Waals surface area contributed by atoms with Crippen LogP contribution in [0.25, 0.3) is 0 Å². The number of carboxylic acids is 1. The van der Waals surface area contributed by atoms with Gasteiger partial charge in [0.05, 0.1) is 5.56 Å². The number of nitrogens with one attached hydrogen (secondary N) is 2. The van der Waals surface area contributed by atoms with E-state index < -0.39 is 5.97 Å². The van der Waals surface area contributed by atoms with E-state index in [0.29, 0.717) is 12.2 Å². The van der Waals surface area contributed by atoms with Gasteiger partial charge in [-0.05, 0) is 42.5 Å². The van der Waals surface area contributed by atoms with Crippen LogP contribution < -0.4 is 10.6 Å². The van der Waals surface area contributed by atoms with Crippen LogP contribution >= 0.6 is 11.3 Å². The number of anilines is 1. The fourth-order valence-electron chi connectivity index (χ4n) is 1.81. The third kappa shape index (κ3) is 4.32. The Hall–Kier alpha value is -2.34. The van der Waals surface area contributed by atoms with Crippen LogP contribution in [0.2, 0.25) is 0 Å². The third-order valence-corrected chi connectivity index (χ3v) is 3.91. The summed E-state index contributed by atoms with van der Waals surface area (Å²) in [4.78, 5) is 23.9. The Balaban J connectivity index is 1.90. The Morgan fingerprint density at radius 1 is 1.29 bits per heavy atom.